The molecule has 0 amide bonds. The van der Waals surface area contributed by atoms with Gasteiger partial charge in [-0.1, -0.05) is 13.3 Å². The number of esters is 1. The number of fused-ring (bicyclic) bond motifs is 1. The van der Waals surface area contributed by atoms with Crippen LogP contribution in [0.4, 0.5) is 0 Å². The van der Waals surface area contributed by atoms with Gasteiger partial charge in [0, 0.05) is 17.9 Å². The molecular formula is C13H19NO2. The Morgan fingerprint density at radius 1 is 1.56 bits per heavy atom. The highest BCUT2D eigenvalue weighted by molar-refractivity contribution is 5.69. The maximum atomic E-state index is 11.1. The number of aromatic nitrogens is 1. The first kappa shape index (κ1) is 11.2. The Balaban J connectivity index is 2.00. The second-order valence-electron chi connectivity index (χ2n) is 4.48. The SMILES string of the molecule is CCC1Cc2ccc(CCC(=O)OC)n2C1. The van der Waals surface area contributed by atoms with E-state index in [4.69, 9.17) is 0 Å². The third-order valence-corrected chi connectivity index (χ3v) is 3.49. The van der Waals surface area contributed by atoms with Crippen LogP contribution in [0.25, 0.3) is 0 Å². The van der Waals surface area contributed by atoms with Crippen molar-refractivity contribution >= 4 is 5.97 Å². The Hall–Kier alpha value is -1.25. The number of hydrogen-bond acceptors (Lipinski definition) is 2. The van der Waals surface area contributed by atoms with Gasteiger partial charge in [-0.2, -0.15) is 0 Å². The summed E-state index contributed by atoms with van der Waals surface area (Å²) in [4.78, 5) is 11.1. The molecule has 2 rings (SSSR count). The summed E-state index contributed by atoms with van der Waals surface area (Å²) in [6, 6.07) is 4.34. The van der Waals surface area contributed by atoms with Gasteiger partial charge in [-0.15, -0.1) is 0 Å². The highest BCUT2D eigenvalue weighted by atomic mass is 16.5. The number of aryl methyl sites for hydroxylation is 1. The molecule has 1 aliphatic rings. The first-order chi connectivity index (χ1) is 7.74. The molecule has 0 saturated heterocycles. The van der Waals surface area contributed by atoms with Gasteiger partial charge in [0.25, 0.3) is 0 Å². The Labute approximate surface area is 96.4 Å². The van der Waals surface area contributed by atoms with E-state index in [2.05, 4.69) is 28.4 Å². The van der Waals surface area contributed by atoms with Crippen LogP contribution in [-0.4, -0.2) is 17.6 Å². The number of ether oxygens (including phenoxy) is 1. The summed E-state index contributed by atoms with van der Waals surface area (Å²) in [6.45, 7) is 3.36. The maximum absolute atomic E-state index is 11.1. The van der Waals surface area contributed by atoms with Crippen LogP contribution >= 0.6 is 0 Å². The molecule has 1 aromatic rings. The molecule has 1 aromatic heterocycles. The predicted octanol–water partition coefficient (Wildman–Crippen LogP) is 2.18. The van der Waals surface area contributed by atoms with Crippen LogP contribution in [0, 0.1) is 5.92 Å². The molecule has 88 valence electrons. The first-order valence-corrected chi connectivity index (χ1v) is 5.98. The van der Waals surface area contributed by atoms with Gasteiger partial charge in [0.2, 0.25) is 0 Å². The van der Waals surface area contributed by atoms with Crippen LogP contribution in [0.15, 0.2) is 12.1 Å². The van der Waals surface area contributed by atoms with Gasteiger partial charge >= 0.3 is 5.97 Å². The lowest BCUT2D eigenvalue weighted by Crippen LogP contribution is -2.07. The van der Waals surface area contributed by atoms with Gasteiger partial charge in [0.1, 0.15) is 0 Å². The van der Waals surface area contributed by atoms with Crippen molar-refractivity contribution in [2.45, 2.75) is 39.2 Å². The number of methoxy groups -OCH3 is 1. The van der Waals surface area contributed by atoms with Crippen molar-refractivity contribution in [1.82, 2.24) is 4.57 Å². The summed E-state index contributed by atoms with van der Waals surface area (Å²) in [5.41, 5.74) is 2.70. The van der Waals surface area contributed by atoms with Gasteiger partial charge in [0.15, 0.2) is 0 Å². The summed E-state index contributed by atoms with van der Waals surface area (Å²) in [6.07, 6.45) is 3.70. The average Bonchev–Trinajstić information content (AvgIpc) is 2.85. The molecule has 0 bridgehead atoms. The number of rotatable bonds is 4. The zero-order valence-corrected chi connectivity index (χ0v) is 10.0. The van der Waals surface area contributed by atoms with Gasteiger partial charge in [-0.25, -0.2) is 0 Å². The van der Waals surface area contributed by atoms with Crippen LogP contribution in [0.5, 0.6) is 0 Å². The number of nitrogens with zero attached hydrogens (tertiary/aromatic N) is 1. The molecule has 1 atom stereocenters. The molecule has 3 nitrogen and oxygen atoms in total. The lowest BCUT2D eigenvalue weighted by Gasteiger charge is -2.08. The largest absolute Gasteiger partial charge is 0.469 e. The zero-order valence-electron chi connectivity index (χ0n) is 10.0. The van der Waals surface area contributed by atoms with Crippen molar-refractivity contribution < 1.29 is 9.53 Å². The standard InChI is InChI=1S/C13H19NO2/c1-3-10-8-12-5-4-11(14(12)9-10)6-7-13(15)16-2/h4-5,10H,3,6-9H2,1-2H3. The topological polar surface area (TPSA) is 31.2 Å². The van der Waals surface area contributed by atoms with Crippen molar-refractivity contribution in [1.29, 1.82) is 0 Å². The maximum Gasteiger partial charge on any atom is 0.305 e. The lowest BCUT2D eigenvalue weighted by molar-refractivity contribution is -0.140. The van der Waals surface area contributed by atoms with Crippen LogP contribution in [0.3, 0.4) is 0 Å². The van der Waals surface area contributed by atoms with E-state index < -0.39 is 0 Å². The van der Waals surface area contributed by atoms with E-state index in [0.717, 1.165) is 18.9 Å². The lowest BCUT2D eigenvalue weighted by atomic mass is 10.0. The molecule has 0 aromatic carbocycles. The average molecular weight is 221 g/mol. The minimum Gasteiger partial charge on any atom is -0.469 e. The molecule has 0 fully saturated rings. The van der Waals surface area contributed by atoms with Crippen LogP contribution in [0.2, 0.25) is 0 Å². The molecule has 0 saturated carbocycles. The fraction of sp³-hybridized carbons (Fsp3) is 0.615. The smallest absolute Gasteiger partial charge is 0.305 e. The van der Waals surface area contributed by atoms with Crippen molar-refractivity contribution in [3.63, 3.8) is 0 Å². The van der Waals surface area contributed by atoms with Crippen LogP contribution in [0.1, 0.15) is 31.2 Å². The minimum absolute atomic E-state index is 0.124. The van der Waals surface area contributed by atoms with E-state index in [1.165, 1.54) is 31.3 Å². The van der Waals surface area contributed by atoms with Gasteiger partial charge in [-0.05, 0) is 30.9 Å². The summed E-state index contributed by atoms with van der Waals surface area (Å²) in [5, 5.41) is 0. The molecule has 1 unspecified atom stereocenters. The molecule has 3 heteroatoms. The van der Waals surface area contributed by atoms with Crippen LogP contribution in [-0.2, 0) is 28.9 Å². The van der Waals surface area contributed by atoms with Crippen molar-refractivity contribution in [2.75, 3.05) is 7.11 Å². The molecule has 16 heavy (non-hydrogen) atoms. The molecule has 1 aliphatic heterocycles. The third kappa shape index (κ3) is 2.13. The Morgan fingerprint density at radius 2 is 2.38 bits per heavy atom. The summed E-state index contributed by atoms with van der Waals surface area (Å²) >= 11 is 0. The zero-order chi connectivity index (χ0) is 11.5. The first-order valence-electron chi connectivity index (χ1n) is 5.98. The van der Waals surface area contributed by atoms with Crippen molar-refractivity contribution in [2.24, 2.45) is 5.92 Å². The van der Waals surface area contributed by atoms with Crippen molar-refractivity contribution in [3.05, 3.63) is 23.5 Å². The molecule has 0 aliphatic carbocycles. The normalized spacial score (nSPS) is 18.5. The fourth-order valence-corrected chi connectivity index (χ4v) is 2.41. The number of hydrogen-bond donors (Lipinski definition) is 0. The summed E-state index contributed by atoms with van der Waals surface area (Å²) in [7, 11) is 1.44. The van der Waals surface area contributed by atoms with E-state index in [9.17, 15) is 4.79 Å². The van der Waals surface area contributed by atoms with Gasteiger partial charge in [0.05, 0.1) is 13.5 Å². The second-order valence-corrected chi connectivity index (χ2v) is 4.48. The van der Waals surface area contributed by atoms with E-state index >= 15 is 0 Å². The molecule has 0 spiro atoms. The third-order valence-electron chi connectivity index (χ3n) is 3.49. The molecule has 2 heterocycles. The Bertz CT molecular complexity index is 381. The summed E-state index contributed by atoms with van der Waals surface area (Å²) < 4.78 is 7.03. The molecular weight excluding hydrogens is 202 g/mol. The molecule has 0 N–H and O–H groups in total. The predicted molar refractivity (Wildman–Crippen MR) is 62.3 cm³/mol. The highest BCUT2D eigenvalue weighted by Crippen LogP contribution is 2.26. The second kappa shape index (κ2) is 4.73. The Kier molecular flexibility index (Phi) is 3.32. The van der Waals surface area contributed by atoms with E-state index in [1.807, 2.05) is 0 Å². The van der Waals surface area contributed by atoms with Crippen LogP contribution < -0.4 is 0 Å². The van der Waals surface area contributed by atoms with E-state index in [1.54, 1.807) is 0 Å². The van der Waals surface area contributed by atoms with E-state index in [0.29, 0.717) is 6.42 Å². The molecule has 0 radical (unpaired) electrons. The van der Waals surface area contributed by atoms with Gasteiger partial charge < -0.3 is 9.30 Å². The Morgan fingerprint density at radius 3 is 3.06 bits per heavy atom. The number of carbonyl (C=O) groups is 1. The fourth-order valence-electron chi connectivity index (χ4n) is 2.41. The van der Waals surface area contributed by atoms with E-state index in [-0.39, 0.29) is 5.97 Å². The highest BCUT2D eigenvalue weighted by Gasteiger charge is 2.21. The summed E-state index contributed by atoms with van der Waals surface area (Å²) in [5.74, 6) is 0.661. The monoisotopic (exact) mass is 221 g/mol. The van der Waals surface area contributed by atoms with Crippen molar-refractivity contribution in [3.8, 4) is 0 Å². The van der Waals surface area contributed by atoms with Gasteiger partial charge in [-0.3, -0.25) is 4.79 Å². The minimum atomic E-state index is -0.124. The number of carbonyl (C=O) groups excluding carboxylic acids is 1. The quantitative estimate of drug-likeness (QED) is 0.730.